The highest BCUT2D eigenvalue weighted by molar-refractivity contribution is 7.89. The minimum atomic E-state index is -4.69. The highest BCUT2D eigenvalue weighted by Crippen LogP contribution is 2.49. The van der Waals surface area contributed by atoms with Crippen molar-refractivity contribution in [2.45, 2.75) is 63.2 Å². The number of carboxylic acids is 1. The Kier molecular flexibility index (Phi) is 7.57. The maximum absolute atomic E-state index is 14.0. The van der Waals surface area contributed by atoms with Gasteiger partial charge >= 0.3 is 12.1 Å². The third-order valence-corrected chi connectivity index (χ3v) is 9.79. The molecule has 0 bridgehead atoms. The number of hydrogen-bond donors (Lipinski definition) is 1. The second-order valence-electron chi connectivity index (χ2n) is 10.9. The zero-order valence-electron chi connectivity index (χ0n) is 23.3. The van der Waals surface area contributed by atoms with Crippen LogP contribution in [0.15, 0.2) is 82.1 Å². The molecular formula is C32H30F3NO5S. The third-order valence-electron chi connectivity index (χ3n) is 7.70. The van der Waals surface area contributed by atoms with E-state index in [0.29, 0.717) is 29.5 Å². The summed E-state index contributed by atoms with van der Waals surface area (Å²) in [6, 6.07) is 20.0. The number of hydrogen-bond acceptors (Lipinski definition) is 4. The van der Waals surface area contributed by atoms with E-state index < -0.39 is 39.9 Å². The zero-order valence-corrected chi connectivity index (χ0v) is 24.1. The van der Waals surface area contributed by atoms with Gasteiger partial charge in [0.2, 0.25) is 15.8 Å². The van der Waals surface area contributed by atoms with Crippen LogP contribution in [-0.2, 0) is 39.5 Å². The van der Waals surface area contributed by atoms with Gasteiger partial charge in [-0.05, 0) is 79.1 Å². The van der Waals surface area contributed by atoms with E-state index in [1.165, 1.54) is 0 Å². The van der Waals surface area contributed by atoms with Gasteiger partial charge in [0.1, 0.15) is 5.76 Å². The van der Waals surface area contributed by atoms with E-state index in [2.05, 4.69) is 0 Å². The van der Waals surface area contributed by atoms with Crippen molar-refractivity contribution in [1.29, 1.82) is 0 Å². The topological polar surface area (TPSA) is 87.8 Å². The smallest absolute Gasteiger partial charge is 0.449 e. The summed E-state index contributed by atoms with van der Waals surface area (Å²) in [5, 5.41) is 9.67. The van der Waals surface area contributed by atoms with Crippen LogP contribution >= 0.6 is 0 Å². The van der Waals surface area contributed by atoms with Gasteiger partial charge in [-0.25, -0.2) is 8.42 Å². The van der Waals surface area contributed by atoms with Crippen LogP contribution in [-0.4, -0.2) is 23.8 Å². The Morgan fingerprint density at radius 3 is 2.10 bits per heavy atom. The second-order valence-corrected chi connectivity index (χ2v) is 12.8. The molecule has 6 nitrogen and oxygen atoms in total. The molecule has 1 aliphatic rings. The molecule has 42 heavy (non-hydrogen) atoms. The number of aliphatic carboxylic acids is 1. The van der Waals surface area contributed by atoms with E-state index in [1.807, 2.05) is 43.3 Å². The Morgan fingerprint density at radius 1 is 0.905 bits per heavy atom. The fourth-order valence-electron chi connectivity index (χ4n) is 5.47. The van der Waals surface area contributed by atoms with Gasteiger partial charge in [0, 0.05) is 6.54 Å². The SMILES string of the molecule is Cc1cc(C)c(S(=O)(=O)N(Cc2ccc(-c3cccc(C4(C(=O)O)CC4)c3)cc2)Cc2ccc(C(F)(F)F)o2)c(C)c1. The van der Waals surface area contributed by atoms with Crippen LogP contribution in [0.2, 0.25) is 0 Å². The van der Waals surface area contributed by atoms with E-state index in [-0.39, 0.29) is 17.2 Å². The zero-order chi connectivity index (χ0) is 30.4. The molecule has 1 aromatic heterocycles. The first kappa shape index (κ1) is 29.6. The van der Waals surface area contributed by atoms with Crippen molar-refractivity contribution >= 4 is 16.0 Å². The molecule has 1 heterocycles. The molecule has 1 saturated carbocycles. The normalized spacial score (nSPS) is 14.7. The highest BCUT2D eigenvalue weighted by atomic mass is 32.2. The Hall–Kier alpha value is -3.89. The molecule has 0 atom stereocenters. The summed E-state index contributed by atoms with van der Waals surface area (Å²) in [5.41, 5.74) is 4.15. The van der Waals surface area contributed by atoms with Gasteiger partial charge < -0.3 is 9.52 Å². The molecule has 5 rings (SSSR count). The summed E-state index contributed by atoms with van der Waals surface area (Å²) < 4.78 is 73.7. The Morgan fingerprint density at radius 2 is 1.55 bits per heavy atom. The lowest BCUT2D eigenvalue weighted by Gasteiger charge is -2.24. The maximum Gasteiger partial charge on any atom is 0.449 e. The monoisotopic (exact) mass is 597 g/mol. The van der Waals surface area contributed by atoms with Crippen molar-refractivity contribution in [3.8, 4) is 11.1 Å². The molecule has 1 fully saturated rings. The summed E-state index contributed by atoms with van der Waals surface area (Å²) in [6.45, 7) is 4.74. The van der Waals surface area contributed by atoms with Gasteiger partial charge in [-0.2, -0.15) is 17.5 Å². The maximum atomic E-state index is 14.0. The summed E-state index contributed by atoms with van der Waals surface area (Å²) in [7, 11) is -4.15. The van der Waals surface area contributed by atoms with E-state index in [9.17, 15) is 31.5 Å². The Bertz CT molecular complexity index is 1730. The second kappa shape index (κ2) is 10.7. The van der Waals surface area contributed by atoms with E-state index >= 15 is 0 Å². The number of nitrogens with zero attached hydrogens (tertiary/aromatic N) is 1. The van der Waals surface area contributed by atoms with Crippen LogP contribution in [0, 0.1) is 20.8 Å². The third kappa shape index (κ3) is 5.73. The molecule has 0 radical (unpaired) electrons. The van der Waals surface area contributed by atoms with Gasteiger partial charge in [0.25, 0.3) is 0 Å². The van der Waals surface area contributed by atoms with Crippen molar-refractivity contribution in [2.75, 3.05) is 0 Å². The average molecular weight is 598 g/mol. The summed E-state index contributed by atoms with van der Waals surface area (Å²) in [4.78, 5) is 11.9. The van der Waals surface area contributed by atoms with Crippen LogP contribution < -0.4 is 0 Å². The fraction of sp³-hybridized carbons (Fsp3) is 0.281. The lowest BCUT2D eigenvalue weighted by atomic mass is 9.92. The van der Waals surface area contributed by atoms with Crippen molar-refractivity contribution in [3.63, 3.8) is 0 Å². The number of sulfonamides is 1. The number of halogens is 3. The largest absolute Gasteiger partial charge is 0.481 e. The van der Waals surface area contributed by atoms with Gasteiger partial charge in [0.05, 0.1) is 16.9 Å². The minimum Gasteiger partial charge on any atom is -0.481 e. The van der Waals surface area contributed by atoms with Crippen LogP contribution in [0.5, 0.6) is 0 Å². The van der Waals surface area contributed by atoms with Crippen molar-refractivity contribution in [2.24, 2.45) is 0 Å². The Labute approximate surface area is 242 Å². The molecule has 0 unspecified atom stereocenters. The molecule has 3 aromatic carbocycles. The lowest BCUT2D eigenvalue weighted by Crippen LogP contribution is -2.31. The van der Waals surface area contributed by atoms with Gasteiger partial charge in [-0.15, -0.1) is 0 Å². The molecular weight excluding hydrogens is 567 g/mol. The van der Waals surface area contributed by atoms with Crippen LogP contribution in [0.4, 0.5) is 13.2 Å². The number of carbonyl (C=O) groups is 1. The van der Waals surface area contributed by atoms with E-state index in [1.54, 1.807) is 38.1 Å². The first-order chi connectivity index (χ1) is 19.7. The lowest BCUT2D eigenvalue weighted by molar-refractivity contribution is -0.153. The molecule has 4 aromatic rings. The van der Waals surface area contributed by atoms with E-state index in [4.69, 9.17) is 4.42 Å². The van der Waals surface area contributed by atoms with Gasteiger partial charge in [-0.3, -0.25) is 4.79 Å². The number of furan rings is 1. The number of benzene rings is 3. The molecule has 0 spiro atoms. The first-order valence-electron chi connectivity index (χ1n) is 13.4. The van der Waals surface area contributed by atoms with E-state index in [0.717, 1.165) is 38.7 Å². The van der Waals surface area contributed by atoms with Crippen molar-refractivity contribution in [1.82, 2.24) is 4.31 Å². The molecule has 0 saturated heterocycles. The van der Waals surface area contributed by atoms with Crippen LogP contribution in [0.1, 0.15) is 52.2 Å². The molecule has 0 aliphatic heterocycles. The summed E-state index contributed by atoms with van der Waals surface area (Å²) in [5.74, 6) is -2.16. The van der Waals surface area contributed by atoms with Gasteiger partial charge in [-0.1, -0.05) is 66.2 Å². The highest BCUT2D eigenvalue weighted by Gasteiger charge is 2.51. The van der Waals surface area contributed by atoms with Crippen molar-refractivity contribution in [3.05, 3.63) is 112 Å². The Balaban J connectivity index is 1.47. The van der Waals surface area contributed by atoms with Crippen LogP contribution in [0.3, 0.4) is 0 Å². The summed E-state index contributed by atoms with van der Waals surface area (Å²) in [6.07, 6.45) is -3.51. The minimum absolute atomic E-state index is 0.108. The number of rotatable bonds is 9. The predicted octanol–water partition coefficient (Wildman–Crippen LogP) is 7.40. The molecule has 1 N–H and O–H groups in total. The van der Waals surface area contributed by atoms with Crippen molar-refractivity contribution < 1.29 is 35.9 Å². The molecule has 10 heteroatoms. The fourth-order valence-corrected chi connectivity index (χ4v) is 7.28. The molecule has 0 amide bonds. The number of alkyl halides is 3. The standard InChI is InChI=1S/C32H30F3NO5S/c1-20-15-21(2)29(22(3)16-20)42(39,40)36(19-27-11-12-28(41-27)32(33,34)35)18-23-7-9-24(10-8-23)25-5-4-6-26(17-25)31(13-14-31)30(37)38/h4-12,15-17H,13-14,18-19H2,1-3H3,(H,37,38). The quantitative estimate of drug-likeness (QED) is 0.217. The molecule has 1 aliphatic carbocycles. The van der Waals surface area contributed by atoms with Gasteiger partial charge in [0.15, 0.2) is 0 Å². The number of aryl methyl sites for hydroxylation is 3. The summed E-state index contributed by atoms with van der Waals surface area (Å²) >= 11 is 0. The van der Waals surface area contributed by atoms with Crippen LogP contribution in [0.25, 0.3) is 11.1 Å². The number of carboxylic acid groups (broad SMARTS) is 1. The first-order valence-corrected chi connectivity index (χ1v) is 14.8. The molecule has 220 valence electrons. The predicted molar refractivity (Wildman–Crippen MR) is 151 cm³/mol. The average Bonchev–Trinajstić information content (AvgIpc) is 3.59.